The van der Waals surface area contributed by atoms with Crippen LogP contribution < -0.4 is 5.63 Å². The van der Waals surface area contributed by atoms with Crippen LogP contribution in [0.25, 0.3) is 22.1 Å². The summed E-state index contributed by atoms with van der Waals surface area (Å²) in [4.78, 5) is 12.1. The smallest absolute Gasteiger partial charge is 0.368 e. The minimum absolute atomic E-state index is 0.248. The number of hydrogen-bond acceptors (Lipinski definition) is 5. The van der Waals surface area contributed by atoms with Gasteiger partial charge in [-0.3, -0.25) is 0 Å². The van der Waals surface area contributed by atoms with Crippen molar-refractivity contribution in [2.75, 3.05) is 0 Å². The maximum Gasteiger partial charge on any atom is 0.368 e. The van der Waals surface area contributed by atoms with Crippen molar-refractivity contribution in [3.8, 4) is 16.9 Å². The third kappa shape index (κ3) is 3.32. The summed E-state index contributed by atoms with van der Waals surface area (Å²) in [6.07, 6.45) is 0. The monoisotopic (exact) mass is 360 g/mol. The summed E-state index contributed by atoms with van der Waals surface area (Å²) in [6, 6.07) is 20.0. The average molecular weight is 360 g/mol. The van der Waals surface area contributed by atoms with E-state index in [4.69, 9.17) is 4.42 Å². The van der Waals surface area contributed by atoms with Crippen LogP contribution in [0, 0.1) is 5.82 Å². The normalized spacial score (nSPS) is 11.3. The topological polar surface area (TPSA) is 75.2 Å². The number of nitrogens with zero attached hydrogens (tertiary/aromatic N) is 2. The number of rotatable bonds is 3. The molecule has 0 saturated carbocycles. The van der Waals surface area contributed by atoms with Crippen LogP contribution in [-0.4, -0.2) is 5.11 Å². The van der Waals surface area contributed by atoms with Gasteiger partial charge in [0.25, 0.3) is 0 Å². The Morgan fingerprint density at radius 1 is 0.852 bits per heavy atom. The first-order valence-electron chi connectivity index (χ1n) is 8.14. The summed E-state index contributed by atoms with van der Waals surface area (Å²) in [6.45, 7) is 0. The molecule has 0 aliphatic rings. The molecule has 5 nitrogen and oxygen atoms in total. The Kier molecular flexibility index (Phi) is 4.22. The van der Waals surface area contributed by atoms with Crippen LogP contribution >= 0.6 is 0 Å². The van der Waals surface area contributed by atoms with Crippen molar-refractivity contribution in [3.63, 3.8) is 0 Å². The van der Waals surface area contributed by atoms with Gasteiger partial charge in [0.2, 0.25) is 5.69 Å². The third-order valence-electron chi connectivity index (χ3n) is 4.05. The van der Waals surface area contributed by atoms with Gasteiger partial charge in [0.05, 0.1) is 11.1 Å². The van der Waals surface area contributed by atoms with Gasteiger partial charge in [-0.25, -0.2) is 9.18 Å². The van der Waals surface area contributed by atoms with Gasteiger partial charge in [-0.15, -0.1) is 5.11 Å². The Balaban J connectivity index is 1.81. The molecule has 0 aliphatic heterocycles. The van der Waals surface area contributed by atoms with Crippen LogP contribution in [-0.2, 0) is 0 Å². The van der Waals surface area contributed by atoms with Crippen molar-refractivity contribution in [1.82, 2.24) is 0 Å². The van der Waals surface area contributed by atoms with Gasteiger partial charge < -0.3 is 9.52 Å². The fraction of sp³-hybridized carbons (Fsp3) is 0. The Morgan fingerprint density at radius 2 is 1.59 bits per heavy atom. The van der Waals surface area contributed by atoms with Crippen molar-refractivity contribution in [1.29, 1.82) is 0 Å². The van der Waals surface area contributed by atoms with Crippen LogP contribution in [0.3, 0.4) is 0 Å². The highest BCUT2D eigenvalue weighted by molar-refractivity contribution is 5.91. The Morgan fingerprint density at radius 3 is 2.33 bits per heavy atom. The van der Waals surface area contributed by atoms with E-state index in [0.717, 1.165) is 11.1 Å². The predicted molar refractivity (Wildman–Crippen MR) is 100 cm³/mol. The van der Waals surface area contributed by atoms with Gasteiger partial charge in [0, 0.05) is 0 Å². The maximum atomic E-state index is 13.0. The molecule has 132 valence electrons. The highest BCUT2D eigenvalue weighted by Gasteiger charge is 2.14. The second-order valence-electron chi connectivity index (χ2n) is 5.84. The van der Waals surface area contributed by atoms with E-state index < -0.39 is 11.4 Å². The van der Waals surface area contributed by atoms with E-state index in [1.807, 2.05) is 30.3 Å². The van der Waals surface area contributed by atoms with E-state index in [9.17, 15) is 14.3 Å². The lowest BCUT2D eigenvalue weighted by Gasteiger charge is -2.06. The zero-order valence-electron chi connectivity index (χ0n) is 14.0. The van der Waals surface area contributed by atoms with Gasteiger partial charge in [-0.05, 0) is 47.5 Å². The van der Waals surface area contributed by atoms with Gasteiger partial charge in [-0.2, -0.15) is 5.11 Å². The summed E-state index contributed by atoms with van der Waals surface area (Å²) in [7, 11) is 0. The molecule has 0 bridgehead atoms. The van der Waals surface area contributed by atoms with Crippen molar-refractivity contribution < 1.29 is 13.9 Å². The minimum Gasteiger partial charge on any atom is -0.505 e. The van der Waals surface area contributed by atoms with Gasteiger partial charge >= 0.3 is 5.63 Å². The lowest BCUT2D eigenvalue weighted by molar-refractivity contribution is 0.469. The molecule has 0 unspecified atom stereocenters. The Labute approximate surface area is 153 Å². The van der Waals surface area contributed by atoms with Crippen LogP contribution in [0.4, 0.5) is 15.8 Å². The van der Waals surface area contributed by atoms with E-state index in [-0.39, 0.29) is 17.0 Å². The Bertz CT molecular complexity index is 1200. The van der Waals surface area contributed by atoms with Crippen LogP contribution in [0.2, 0.25) is 0 Å². The number of benzene rings is 3. The molecule has 0 atom stereocenters. The molecule has 0 saturated heterocycles. The highest BCUT2D eigenvalue weighted by Crippen LogP contribution is 2.35. The lowest BCUT2D eigenvalue weighted by Crippen LogP contribution is -1.98. The van der Waals surface area contributed by atoms with Gasteiger partial charge in [0.1, 0.15) is 11.4 Å². The van der Waals surface area contributed by atoms with E-state index in [1.54, 1.807) is 18.2 Å². The van der Waals surface area contributed by atoms with E-state index in [2.05, 4.69) is 10.2 Å². The molecule has 4 rings (SSSR count). The molecule has 1 aromatic heterocycles. The molecule has 1 N–H and O–H groups in total. The molecular formula is C21H13FN2O3. The molecule has 3 aromatic carbocycles. The number of azo groups is 1. The molecule has 0 spiro atoms. The van der Waals surface area contributed by atoms with Gasteiger partial charge in [0.15, 0.2) is 5.75 Å². The number of halogens is 1. The Hall–Kier alpha value is -3.80. The summed E-state index contributed by atoms with van der Waals surface area (Å²) in [5, 5.41) is 18.6. The molecule has 0 aliphatic carbocycles. The van der Waals surface area contributed by atoms with E-state index in [1.165, 1.54) is 24.3 Å². The minimum atomic E-state index is -0.807. The maximum absolute atomic E-state index is 13.0. The van der Waals surface area contributed by atoms with Crippen molar-refractivity contribution in [2.24, 2.45) is 10.2 Å². The van der Waals surface area contributed by atoms with Crippen molar-refractivity contribution in [3.05, 3.63) is 89.0 Å². The zero-order chi connectivity index (χ0) is 18.8. The standard InChI is InChI=1S/C21H13FN2O3/c22-15-7-9-16(10-8-15)23-24-19-20(25)17-12-14(13-4-2-1-3-5-13)6-11-18(17)27-21(19)26/h1-12,25H. The first-order chi connectivity index (χ1) is 13.1. The van der Waals surface area contributed by atoms with Crippen LogP contribution in [0.1, 0.15) is 0 Å². The van der Waals surface area contributed by atoms with Crippen molar-refractivity contribution >= 4 is 22.3 Å². The summed E-state index contributed by atoms with van der Waals surface area (Å²) in [5.74, 6) is -0.722. The van der Waals surface area contributed by atoms with E-state index >= 15 is 0 Å². The lowest BCUT2D eigenvalue weighted by atomic mass is 10.0. The fourth-order valence-corrected chi connectivity index (χ4v) is 2.69. The molecule has 0 radical (unpaired) electrons. The molecular weight excluding hydrogens is 347 g/mol. The number of hydrogen-bond donors (Lipinski definition) is 1. The molecule has 0 fully saturated rings. The summed E-state index contributed by atoms with van der Waals surface area (Å²) < 4.78 is 18.2. The van der Waals surface area contributed by atoms with E-state index in [0.29, 0.717) is 11.1 Å². The quantitative estimate of drug-likeness (QED) is 0.375. The first-order valence-corrected chi connectivity index (χ1v) is 8.14. The average Bonchev–Trinajstić information content (AvgIpc) is 2.70. The molecule has 0 amide bonds. The number of fused-ring (bicyclic) bond motifs is 1. The second kappa shape index (κ2) is 6.84. The van der Waals surface area contributed by atoms with Crippen LogP contribution in [0.15, 0.2) is 92.2 Å². The zero-order valence-corrected chi connectivity index (χ0v) is 14.0. The summed E-state index contributed by atoms with van der Waals surface area (Å²) >= 11 is 0. The molecule has 27 heavy (non-hydrogen) atoms. The third-order valence-corrected chi connectivity index (χ3v) is 4.05. The molecule has 4 aromatic rings. The fourth-order valence-electron chi connectivity index (χ4n) is 2.69. The number of aromatic hydroxyl groups is 1. The predicted octanol–water partition coefficient (Wildman–Crippen LogP) is 5.72. The second-order valence-corrected chi connectivity index (χ2v) is 5.84. The summed E-state index contributed by atoms with van der Waals surface area (Å²) in [5.41, 5.74) is 1.29. The van der Waals surface area contributed by atoms with Crippen molar-refractivity contribution in [2.45, 2.75) is 0 Å². The molecule has 6 heteroatoms. The SMILES string of the molecule is O=c1oc2ccc(-c3ccccc3)cc2c(O)c1N=Nc1ccc(F)cc1. The van der Waals surface area contributed by atoms with Crippen LogP contribution in [0.5, 0.6) is 5.75 Å². The molecule has 1 heterocycles. The first kappa shape index (κ1) is 16.7. The van der Waals surface area contributed by atoms with Gasteiger partial charge in [-0.1, -0.05) is 36.4 Å². The largest absolute Gasteiger partial charge is 0.505 e. The highest BCUT2D eigenvalue weighted by atomic mass is 19.1.